The predicted molar refractivity (Wildman–Crippen MR) is 90.8 cm³/mol. The summed E-state index contributed by atoms with van der Waals surface area (Å²) >= 11 is 0. The van der Waals surface area contributed by atoms with Crippen LogP contribution in [0.4, 0.5) is 0 Å². The third-order valence-electron chi connectivity index (χ3n) is 4.13. The lowest BCUT2D eigenvalue weighted by molar-refractivity contribution is -0.120. The molecule has 3 nitrogen and oxygen atoms in total. The van der Waals surface area contributed by atoms with E-state index < -0.39 is 0 Å². The number of nitrogens with one attached hydrogen (secondary N) is 2. The molecular formula is C19H22N2O. The average molecular weight is 294 g/mol. The van der Waals surface area contributed by atoms with Crippen molar-refractivity contribution in [1.82, 2.24) is 10.6 Å². The summed E-state index contributed by atoms with van der Waals surface area (Å²) in [5.74, 6) is 0.132. The molecule has 0 saturated heterocycles. The second-order valence-corrected chi connectivity index (χ2v) is 5.77. The molecule has 2 aromatic rings. The molecule has 0 bridgehead atoms. The van der Waals surface area contributed by atoms with Crippen LogP contribution in [-0.2, 0) is 11.2 Å². The first kappa shape index (κ1) is 14.8. The molecule has 1 aliphatic heterocycles. The van der Waals surface area contributed by atoms with E-state index in [2.05, 4.69) is 47.0 Å². The van der Waals surface area contributed by atoms with Crippen molar-refractivity contribution in [3.8, 4) is 0 Å². The van der Waals surface area contributed by atoms with Gasteiger partial charge in [0.1, 0.15) is 0 Å². The van der Waals surface area contributed by atoms with Crippen LogP contribution in [0.25, 0.3) is 10.8 Å². The van der Waals surface area contributed by atoms with Crippen LogP contribution < -0.4 is 10.6 Å². The maximum absolute atomic E-state index is 12.0. The second kappa shape index (κ2) is 7.23. The van der Waals surface area contributed by atoms with Crippen LogP contribution in [0.2, 0.25) is 0 Å². The Morgan fingerprint density at radius 3 is 2.82 bits per heavy atom. The fraction of sp³-hybridized carbons (Fsp3) is 0.316. The van der Waals surface area contributed by atoms with Crippen LogP contribution in [0.3, 0.4) is 0 Å². The number of benzene rings is 2. The van der Waals surface area contributed by atoms with Gasteiger partial charge in [-0.15, -0.1) is 0 Å². The molecule has 0 saturated carbocycles. The van der Waals surface area contributed by atoms with Crippen molar-refractivity contribution < 1.29 is 4.79 Å². The number of carbonyl (C=O) groups excluding carboxylic acids is 1. The number of aryl methyl sites for hydroxylation is 1. The molecule has 114 valence electrons. The summed E-state index contributed by atoms with van der Waals surface area (Å²) in [6.07, 6.45) is 4.54. The molecule has 3 heteroatoms. The Labute approximate surface area is 131 Å². The first-order valence-electron chi connectivity index (χ1n) is 7.94. The molecule has 22 heavy (non-hydrogen) atoms. The average Bonchev–Trinajstić information content (AvgIpc) is 2.59. The van der Waals surface area contributed by atoms with Crippen molar-refractivity contribution in [1.29, 1.82) is 0 Å². The molecule has 2 aromatic carbocycles. The summed E-state index contributed by atoms with van der Waals surface area (Å²) in [7, 11) is 0. The summed E-state index contributed by atoms with van der Waals surface area (Å²) in [6.45, 7) is 2.62. The molecule has 0 aliphatic carbocycles. The number of rotatable bonds is 5. The Morgan fingerprint density at radius 2 is 2.00 bits per heavy atom. The van der Waals surface area contributed by atoms with Crippen LogP contribution >= 0.6 is 0 Å². The van der Waals surface area contributed by atoms with E-state index in [-0.39, 0.29) is 5.91 Å². The van der Waals surface area contributed by atoms with Crippen LogP contribution in [0.15, 0.2) is 54.1 Å². The van der Waals surface area contributed by atoms with Gasteiger partial charge in [-0.2, -0.15) is 0 Å². The normalized spacial score (nSPS) is 14.6. The van der Waals surface area contributed by atoms with Crippen molar-refractivity contribution in [3.63, 3.8) is 0 Å². The highest BCUT2D eigenvalue weighted by Crippen LogP contribution is 2.16. The molecule has 0 aromatic heterocycles. The van der Waals surface area contributed by atoms with Gasteiger partial charge in [0.05, 0.1) is 0 Å². The number of hydrogen-bond donors (Lipinski definition) is 2. The number of carbonyl (C=O) groups is 1. The standard InChI is InChI=1S/C19H22N2O/c22-19(21-14-16-9-11-20-12-10-16)8-6-15-5-7-17-3-1-2-4-18(17)13-15/h1-5,7,9,13,20H,6,8,10-12,14H2,(H,21,22). The van der Waals surface area contributed by atoms with Gasteiger partial charge in [-0.25, -0.2) is 0 Å². The highest BCUT2D eigenvalue weighted by Gasteiger charge is 2.06. The highest BCUT2D eigenvalue weighted by molar-refractivity contribution is 5.83. The largest absolute Gasteiger partial charge is 0.352 e. The van der Waals surface area contributed by atoms with E-state index in [0.29, 0.717) is 13.0 Å². The minimum atomic E-state index is 0.132. The number of fused-ring (bicyclic) bond motifs is 1. The Hall–Kier alpha value is -2.13. The molecule has 1 heterocycles. The van der Waals surface area contributed by atoms with Gasteiger partial charge in [0.2, 0.25) is 5.91 Å². The smallest absolute Gasteiger partial charge is 0.220 e. The van der Waals surface area contributed by atoms with Crippen molar-refractivity contribution >= 4 is 16.7 Å². The van der Waals surface area contributed by atoms with E-state index in [1.165, 1.54) is 21.9 Å². The minimum absolute atomic E-state index is 0.132. The van der Waals surface area contributed by atoms with E-state index in [0.717, 1.165) is 25.9 Å². The zero-order valence-electron chi connectivity index (χ0n) is 12.8. The van der Waals surface area contributed by atoms with Gasteiger partial charge in [0, 0.05) is 19.5 Å². The van der Waals surface area contributed by atoms with Gasteiger partial charge in [0.25, 0.3) is 0 Å². The fourth-order valence-corrected chi connectivity index (χ4v) is 2.78. The SMILES string of the molecule is O=C(CCc1ccc2ccccc2c1)NCC1=CCNCC1. The van der Waals surface area contributed by atoms with Gasteiger partial charge < -0.3 is 10.6 Å². The van der Waals surface area contributed by atoms with E-state index in [1.54, 1.807) is 0 Å². The van der Waals surface area contributed by atoms with E-state index in [9.17, 15) is 4.79 Å². The first-order chi connectivity index (χ1) is 10.8. The van der Waals surface area contributed by atoms with Crippen molar-refractivity contribution in [3.05, 3.63) is 59.7 Å². The van der Waals surface area contributed by atoms with Crippen LogP contribution in [0.5, 0.6) is 0 Å². The lowest BCUT2D eigenvalue weighted by Gasteiger charge is -2.14. The molecule has 0 unspecified atom stereocenters. The third kappa shape index (κ3) is 3.95. The van der Waals surface area contributed by atoms with Crippen molar-refractivity contribution in [2.75, 3.05) is 19.6 Å². The van der Waals surface area contributed by atoms with Crippen LogP contribution in [-0.4, -0.2) is 25.5 Å². The monoisotopic (exact) mass is 294 g/mol. The third-order valence-corrected chi connectivity index (χ3v) is 4.13. The maximum atomic E-state index is 12.0. The molecule has 0 radical (unpaired) electrons. The molecular weight excluding hydrogens is 272 g/mol. The van der Waals surface area contributed by atoms with Gasteiger partial charge in [-0.3, -0.25) is 4.79 Å². The molecule has 0 atom stereocenters. The predicted octanol–water partition coefficient (Wildman–Crippen LogP) is 2.81. The van der Waals surface area contributed by atoms with Gasteiger partial charge in [0.15, 0.2) is 0 Å². The fourth-order valence-electron chi connectivity index (χ4n) is 2.78. The van der Waals surface area contributed by atoms with E-state index in [1.807, 2.05) is 12.1 Å². The number of hydrogen-bond acceptors (Lipinski definition) is 2. The van der Waals surface area contributed by atoms with Gasteiger partial charge in [-0.05, 0) is 35.7 Å². The second-order valence-electron chi connectivity index (χ2n) is 5.77. The Bertz CT molecular complexity index is 691. The minimum Gasteiger partial charge on any atom is -0.352 e. The van der Waals surface area contributed by atoms with Crippen molar-refractivity contribution in [2.45, 2.75) is 19.3 Å². The van der Waals surface area contributed by atoms with E-state index >= 15 is 0 Å². The molecule has 0 fully saturated rings. The lowest BCUT2D eigenvalue weighted by Crippen LogP contribution is -2.29. The van der Waals surface area contributed by atoms with Crippen LogP contribution in [0.1, 0.15) is 18.4 Å². The Balaban J connectivity index is 1.50. The topological polar surface area (TPSA) is 41.1 Å². The summed E-state index contributed by atoms with van der Waals surface area (Å²) in [5, 5.41) is 8.78. The quantitative estimate of drug-likeness (QED) is 0.833. The summed E-state index contributed by atoms with van der Waals surface area (Å²) in [4.78, 5) is 12.0. The van der Waals surface area contributed by atoms with Gasteiger partial charge in [-0.1, -0.05) is 54.1 Å². The molecule has 2 N–H and O–H groups in total. The molecule has 3 rings (SSSR count). The Morgan fingerprint density at radius 1 is 1.14 bits per heavy atom. The lowest BCUT2D eigenvalue weighted by atomic mass is 10.0. The Kier molecular flexibility index (Phi) is 4.86. The first-order valence-corrected chi connectivity index (χ1v) is 7.94. The zero-order valence-corrected chi connectivity index (χ0v) is 12.8. The number of amides is 1. The zero-order chi connectivity index (χ0) is 15.2. The van der Waals surface area contributed by atoms with Crippen LogP contribution in [0, 0.1) is 0 Å². The maximum Gasteiger partial charge on any atom is 0.220 e. The van der Waals surface area contributed by atoms with E-state index in [4.69, 9.17) is 0 Å². The summed E-state index contributed by atoms with van der Waals surface area (Å²) in [5.41, 5.74) is 2.55. The molecule has 1 amide bonds. The summed E-state index contributed by atoms with van der Waals surface area (Å²) < 4.78 is 0. The molecule has 1 aliphatic rings. The van der Waals surface area contributed by atoms with Crippen molar-refractivity contribution in [2.24, 2.45) is 0 Å². The summed E-state index contributed by atoms with van der Waals surface area (Å²) in [6, 6.07) is 14.7. The highest BCUT2D eigenvalue weighted by atomic mass is 16.1. The molecule has 0 spiro atoms. The van der Waals surface area contributed by atoms with Gasteiger partial charge >= 0.3 is 0 Å².